The fourth-order valence-electron chi connectivity index (χ4n) is 3.78. The van der Waals surface area contributed by atoms with Gasteiger partial charge in [-0.05, 0) is 31.2 Å². The van der Waals surface area contributed by atoms with Gasteiger partial charge in [0.25, 0.3) is 0 Å². The summed E-state index contributed by atoms with van der Waals surface area (Å²) in [6, 6.07) is 9.08. The number of hydrogen-bond acceptors (Lipinski definition) is 3. The van der Waals surface area contributed by atoms with Crippen LogP contribution in [-0.2, 0) is 20.8 Å². The molecular weight excluding hydrogens is 320 g/mol. The summed E-state index contributed by atoms with van der Waals surface area (Å²) in [5.74, 6) is -1.47. The Morgan fingerprint density at radius 2 is 1.76 bits per heavy atom. The Balaban J connectivity index is 1.65. The molecule has 0 aliphatic carbocycles. The zero-order valence-corrected chi connectivity index (χ0v) is 14.3. The van der Waals surface area contributed by atoms with Crippen LogP contribution in [0.25, 0.3) is 0 Å². The van der Waals surface area contributed by atoms with Crippen LogP contribution in [0, 0.1) is 5.92 Å². The van der Waals surface area contributed by atoms with E-state index in [1.165, 1.54) is 0 Å². The fraction of sp³-hybridized carbons (Fsp3) is 0.526. The van der Waals surface area contributed by atoms with Gasteiger partial charge in [0.1, 0.15) is 6.04 Å². The maximum absolute atomic E-state index is 12.9. The number of nitrogens with zero attached hydrogens (tertiary/aromatic N) is 2. The number of amides is 2. The average molecular weight is 344 g/mol. The van der Waals surface area contributed by atoms with E-state index in [2.05, 4.69) is 0 Å². The summed E-state index contributed by atoms with van der Waals surface area (Å²) in [5, 5.41) is 9.20. The molecule has 0 spiro atoms. The van der Waals surface area contributed by atoms with Crippen molar-refractivity contribution in [2.45, 2.75) is 38.1 Å². The molecule has 0 aromatic heterocycles. The summed E-state index contributed by atoms with van der Waals surface area (Å²) in [4.78, 5) is 40.1. The van der Waals surface area contributed by atoms with Gasteiger partial charge in [0.2, 0.25) is 11.8 Å². The van der Waals surface area contributed by atoms with Crippen LogP contribution in [0.15, 0.2) is 30.3 Å². The van der Waals surface area contributed by atoms with Crippen LogP contribution >= 0.6 is 0 Å². The lowest BCUT2D eigenvalue weighted by Gasteiger charge is -2.35. The topological polar surface area (TPSA) is 77.9 Å². The molecule has 2 aliphatic rings. The number of piperidine rings is 1. The number of carboxylic acids is 1. The molecular formula is C19H24N2O4. The van der Waals surface area contributed by atoms with Crippen molar-refractivity contribution in [1.29, 1.82) is 0 Å². The molecule has 3 rings (SSSR count). The zero-order valence-electron chi connectivity index (χ0n) is 14.3. The fourth-order valence-corrected chi connectivity index (χ4v) is 3.78. The van der Waals surface area contributed by atoms with Gasteiger partial charge in [-0.3, -0.25) is 14.4 Å². The van der Waals surface area contributed by atoms with Crippen molar-refractivity contribution in [2.75, 3.05) is 19.6 Å². The number of carboxylic acid groups (broad SMARTS) is 1. The summed E-state index contributed by atoms with van der Waals surface area (Å²) in [6.45, 7) is 1.43. The summed E-state index contributed by atoms with van der Waals surface area (Å²) in [6.07, 6.45) is 3.08. The van der Waals surface area contributed by atoms with Crippen LogP contribution in [-0.4, -0.2) is 58.4 Å². The first kappa shape index (κ1) is 17.5. The molecule has 2 amide bonds. The highest BCUT2D eigenvalue weighted by Crippen LogP contribution is 2.24. The smallest absolute Gasteiger partial charge is 0.308 e. The van der Waals surface area contributed by atoms with Crippen molar-refractivity contribution in [1.82, 2.24) is 9.80 Å². The first-order chi connectivity index (χ1) is 12.1. The number of rotatable bonds is 4. The molecule has 2 saturated heterocycles. The lowest BCUT2D eigenvalue weighted by atomic mass is 9.97. The average Bonchev–Trinajstić information content (AvgIpc) is 3.12. The second-order valence-electron chi connectivity index (χ2n) is 6.87. The van der Waals surface area contributed by atoms with E-state index in [9.17, 15) is 19.5 Å². The standard InChI is InChI=1S/C19H24N2O4/c22-17(12-14-6-2-1-3-7-14)21-11-5-9-16(21)18(23)20-10-4-8-15(13-20)19(24)25/h1-3,6-7,15-16H,4-5,8-13H2,(H,24,25). The predicted octanol–water partition coefficient (Wildman–Crippen LogP) is 1.54. The quantitative estimate of drug-likeness (QED) is 0.899. The van der Waals surface area contributed by atoms with E-state index >= 15 is 0 Å². The number of benzene rings is 1. The highest BCUT2D eigenvalue weighted by atomic mass is 16.4. The van der Waals surface area contributed by atoms with Crippen LogP contribution in [0.1, 0.15) is 31.2 Å². The van der Waals surface area contributed by atoms with Gasteiger partial charge in [0.15, 0.2) is 0 Å². The third-order valence-corrected chi connectivity index (χ3v) is 5.14. The molecule has 2 atom stereocenters. The minimum absolute atomic E-state index is 0.0335. The largest absolute Gasteiger partial charge is 0.481 e. The van der Waals surface area contributed by atoms with Gasteiger partial charge < -0.3 is 14.9 Å². The molecule has 1 aromatic rings. The number of carbonyl (C=O) groups is 3. The molecule has 1 aromatic carbocycles. The zero-order chi connectivity index (χ0) is 17.8. The van der Waals surface area contributed by atoms with Gasteiger partial charge in [-0.2, -0.15) is 0 Å². The number of likely N-dealkylation sites (tertiary alicyclic amines) is 2. The number of hydrogen-bond donors (Lipinski definition) is 1. The molecule has 2 fully saturated rings. The van der Waals surface area contributed by atoms with Gasteiger partial charge in [0.05, 0.1) is 12.3 Å². The summed E-state index contributed by atoms with van der Waals surface area (Å²) in [7, 11) is 0. The van der Waals surface area contributed by atoms with Crippen molar-refractivity contribution in [3.63, 3.8) is 0 Å². The number of aliphatic carboxylic acids is 1. The van der Waals surface area contributed by atoms with E-state index < -0.39 is 17.9 Å². The van der Waals surface area contributed by atoms with E-state index in [1.54, 1.807) is 9.80 Å². The van der Waals surface area contributed by atoms with Gasteiger partial charge in [0, 0.05) is 19.6 Å². The van der Waals surface area contributed by atoms with E-state index in [-0.39, 0.29) is 18.4 Å². The lowest BCUT2D eigenvalue weighted by molar-refractivity contribution is -0.149. The van der Waals surface area contributed by atoms with E-state index in [4.69, 9.17) is 0 Å². The molecule has 2 aliphatic heterocycles. The molecule has 2 heterocycles. The maximum atomic E-state index is 12.9. The Morgan fingerprint density at radius 1 is 1.04 bits per heavy atom. The Kier molecular flexibility index (Phi) is 5.36. The van der Waals surface area contributed by atoms with Crippen molar-refractivity contribution in [3.05, 3.63) is 35.9 Å². The molecule has 1 N–H and O–H groups in total. The molecule has 2 unspecified atom stereocenters. The molecule has 134 valence electrons. The van der Waals surface area contributed by atoms with Gasteiger partial charge in [-0.25, -0.2) is 0 Å². The molecule has 0 radical (unpaired) electrons. The molecule has 6 heteroatoms. The Morgan fingerprint density at radius 3 is 2.48 bits per heavy atom. The molecule has 25 heavy (non-hydrogen) atoms. The third-order valence-electron chi connectivity index (χ3n) is 5.14. The molecule has 6 nitrogen and oxygen atoms in total. The summed E-state index contributed by atoms with van der Waals surface area (Å²) < 4.78 is 0. The van der Waals surface area contributed by atoms with Crippen LogP contribution in [0.2, 0.25) is 0 Å². The Labute approximate surface area is 147 Å². The first-order valence-corrected chi connectivity index (χ1v) is 8.91. The highest BCUT2D eigenvalue weighted by Gasteiger charge is 2.38. The van der Waals surface area contributed by atoms with Crippen LogP contribution < -0.4 is 0 Å². The molecule has 0 saturated carbocycles. The van der Waals surface area contributed by atoms with E-state index in [0.29, 0.717) is 38.8 Å². The normalized spacial score (nSPS) is 23.5. The van der Waals surface area contributed by atoms with Crippen LogP contribution in [0.5, 0.6) is 0 Å². The summed E-state index contributed by atoms with van der Waals surface area (Å²) >= 11 is 0. The third kappa shape index (κ3) is 4.00. The first-order valence-electron chi connectivity index (χ1n) is 8.91. The van der Waals surface area contributed by atoms with Crippen LogP contribution in [0.4, 0.5) is 0 Å². The van der Waals surface area contributed by atoms with Gasteiger partial charge in [-0.15, -0.1) is 0 Å². The number of carbonyl (C=O) groups excluding carboxylic acids is 2. The second kappa shape index (κ2) is 7.68. The lowest BCUT2D eigenvalue weighted by Crippen LogP contribution is -2.51. The van der Waals surface area contributed by atoms with Crippen molar-refractivity contribution < 1.29 is 19.5 Å². The minimum Gasteiger partial charge on any atom is -0.481 e. The van der Waals surface area contributed by atoms with Gasteiger partial charge in [-0.1, -0.05) is 30.3 Å². The van der Waals surface area contributed by atoms with E-state index in [0.717, 1.165) is 12.0 Å². The summed E-state index contributed by atoms with van der Waals surface area (Å²) in [5.41, 5.74) is 0.939. The van der Waals surface area contributed by atoms with Crippen molar-refractivity contribution >= 4 is 17.8 Å². The van der Waals surface area contributed by atoms with Crippen LogP contribution in [0.3, 0.4) is 0 Å². The SMILES string of the molecule is O=C(O)C1CCCN(C(=O)C2CCCN2C(=O)Cc2ccccc2)C1. The Bertz CT molecular complexity index is 646. The predicted molar refractivity (Wildman–Crippen MR) is 91.8 cm³/mol. The van der Waals surface area contributed by atoms with Gasteiger partial charge >= 0.3 is 5.97 Å². The second-order valence-corrected chi connectivity index (χ2v) is 6.87. The van der Waals surface area contributed by atoms with Crippen molar-refractivity contribution in [2.24, 2.45) is 5.92 Å². The maximum Gasteiger partial charge on any atom is 0.308 e. The van der Waals surface area contributed by atoms with E-state index in [1.807, 2.05) is 30.3 Å². The Hall–Kier alpha value is -2.37. The minimum atomic E-state index is -0.846. The molecule has 0 bridgehead atoms. The monoisotopic (exact) mass is 344 g/mol. The highest BCUT2D eigenvalue weighted by molar-refractivity contribution is 5.89. The van der Waals surface area contributed by atoms with Crippen molar-refractivity contribution in [3.8, 4) is 0 Å².